The first-order chi connectivity index (χ1) is 8.60. The Balaban J connectivity index is 2.82. The highest BCUT2D eigenvalue weighted by atomic mass is 16.4. The Morgan fingerprint density at radius 2 is 2.06 bits per heavy atom. The van der Waals surface area contributed by atoms with Gasteiger partial charge in [0, 0.05) is 18.1 Å². The third-order valence-corrected chi connectivity index (χ3v) is 3.40. The van der Waals surface area contributed by atoms with Gasteiger partial charge < -0.3 is 9.67 Å². The standard InChI is InChI=1S/C15H19NO2/c1-4-6-11-9-16(5-2)14-12(11)8-7-10(3)13(14)15(17)18/h7-9H,4-6H2,1-3H3,(H,17,18). The minimum absolute atomic E-state index is 0.441. The number of aromatic carboxylic acids is 1. The van der Waals surface area contributed by atoms with Crippen LogP contribution >= 0.6 is 0 Å². The van der Waals surface area contributed by atoms with E-state index in [9.17, 15) is 9.90 Å². The summed E-state index contributed by atoms with van der Waals surface area (Å²) in [5.41, 5.74) is 3.38. The smallest absolute Gasteiger partial charge is 0.338 e. The number of nitrogens with zero attached hydrogens (tertiary/aromatic N) is 1. The second-order valence-electron chi connectivity index (χ2n) is 4.65. The molecule has 0 aliphatic carbocycles. The molecule has 0 radical (unpaired) electrons. The van der Waals surface area contributed by atoms with Gasteiger partial charge in [0.15, 0.2) is 0 Å². The molecule has 0 bridgehead atoms. The van der Waals surface area contributed by atoms with Crippen LogP contribution in [0.3, 0.4) is 0 Å². The van der Waals surface area contributed by atoms with E-state index in [0.717, 1.165) is 35.9 Å². The second kappa shape index (κ2) is 4.84. The molecular weight excluding hydrogens is 226 g/mol. The molecule has 1 aromatic carbocycles. The Morgan fingerprint density at radius 1 is 1.33 bits per heavy atom. The molecule has 0 fully saturated rings. The topological polar surface area (TPSA) is 42.2 Å². The number of hydrogen-bond acceptors (Lipinski definition) is 1. The molecule has 2 rings (SSSR count). The van der Waals surface area contributed by atoms with Crippen LogP contribution < -0.4 is 0 Å². The van der Waals surface area contributed by atoms with Crippen molar-refractivity contribution >= 4 is 16.9 Å². The maximum absolute atomic E-state index is 11.5. The molecule has 0 aliphatic heterocycles. The summed E-state index contributed by atoms with van der Waals surface area (Å²) in [5, 5.41) is 10.5. The van der Waals surface area contributed by atoms with Crippen LogP contribution in [0.1, 0.15) is 41.8 Å². The van der Waals surface area contributed by atoms with Crippen molar-refractivity contribution in [2.75, 3.05) is 0 Å². The van der Waals surface area contributed by atoms with Gasteiger partial charge in [-0.15, -0.1) is 0 Å². The number of fused-ring (bicyclic) bond motifs is 1. The Labute approximate surface area is 107 Å². The Hall–Kier alpha value is -1.77. The van der Waals surface area contributed by atoms with Gasteiger partial charge in [0.05, 0.1) is 11.1 Å². The predicted molar refractivity (Wildman–Crippen MR) is 73.3 cm³/mol. The number of carboxylic acids is 1. The number of hydrogen-bond donors (Lipinski definition) is 1. The molecule has 0 saturated carbocycles. The number of aryl methyl sites for hydroxylation is 3. The highest BCUT2D eigenvalue weighted by molar-refractivity contribution is 6.04. The molecule has 3 heteroatoms. The lowest BCUT2D eigenvalue weighted by atomic mass is 10.0. The predicted octanol–water partition coefficient (Wildman–Crippen LogP) is 3.62. The van der Waals surface area contributed by atoms with Crippen LogP contribution in [0, 0.1) is 6.92 Å². The van der Waals surface area contributed by atoms with E-state index in [0.29, 0.717) is 5.56 Å². The molecule has 0 aliphatic rings. The van der Waals surface area contributed by atoms with Crippen molar-refractivity contribution in [1.82, 2.24) is 4.57 Å². The molecular formula is C15H19NO2. The summed E-state index contributed by atoms with van der Waals surface area (Å²) in [6, 6.07) is 3.96. The normalized spacial score (nSPS) is 11.1. The van der Waals surface area contributed by atoms with Gasteiger partial charge in [-0.3, -0.25) is 0 Å². The summed E-state index contributed by atoms with van der Waals surface area (Å²) in [7, 11) is 0. The van der Waals surface area contributed by atoms with Gasteiger partial charge in [0.1, 0.15) is 0 Å². The number of aromatic nitrogens is 1. The third kappa shape index (κ3) is 1.90. The average Bonchev–Trinajstić information content (AvgIpc) is 2.67. The fourth-order valence-corrected chi connectivity index (χ4v) is 2.56. The Bertz CT molecular complexity index is 596. The van der Waals surface area contributed by atoms with Gasteiger partial charge in [-0.1, -0.05) is 25.5 Å². The van der Waals surface area contributed by atoms with Crippen molar-refractivity contribution in [2.45, 2.75) is 40.2 Å². The summed E-state index contributed by atoms with van der Waals surface area (Å²) in [6.07, 6.45) is 4.16. The van der Waals surface area contributed by atoms with Crippen molar-refractivity contribution in [3.63, 3.8) is 0 Å². The van der Waals surface area contributed by atoms with E-state index >= 15 is 0 Å². The highest BCUT2D eigenvalue weighted by Gasteiger charge is 2.17. The molecule has 1 aromatic heterocycles. The van der Waals surface area contributed by atoms with E-state index in [1.165, 1.54) is 5.56 Å². The van der Waals surface area contributed by atoms with E-state index in [1.807, 2.05) is 26.0 Å². The SMILES string of the molecule is CCCc1cn(CC)c2c(C(=O)O)c(C)ccc12. The molecule has 3 nitrogen and oxygen atoms in total. The molecule has 0 saturated heterocycles. The summed E-state index contributed by atoms with van der Waals surface area (Å²) in [5.74, 6) is -0.839. The van der Waals surface area contributed by atoms with Crippen LogP contribution in [0.2, 0.25) is 0 Å². The first kappa shape index (κ1) is 12.7. The molecule has 0 amide bonds. The van der Waals surface area contributed by atoms with Crippen molar-refractivity contribution in [3.8, 4) is 0 Å². The van der Waals surface area contributed by atoms with Crippen molar-refractivity contribution in [1.29, 1.82) is 0 Å². The van der Waals surface area contributed by atoms with Crippen molar-refractivity contribution in [2.24, 2.45) is 0 Å². The first-order valence-corrected chi connectivity index (χ1v) is 6.44. The van der Waals surface area contributed by atoms with E-state index in [1.54, 1.807) is 0 Å². The monoisotopic (exact) mass is 245 g/mol. The number of carboxylic acid groups (broad SMARTS) is 1. The van der Waals surface area contributed by atoms with Crippen LogP contribution in [0.15, 0.2) is 18.3 Å². The molecule has 1 heterocycles. The quantitative estimate of drug-likeness (QED) is 0.893. The van der Waals surface area contributed by atoms with Gasteiger partial charge in [-0.2, -0.15) is 0 Å². The Morgan fingerprint density at radius 3 is 2.61 bits per heavy atom. The van der Waals surface area contributed by atoms with Crippen molar-refractivity contribution in [3.05, 3.63) is 35.0 Å². The second-order valence-corrected chi connectivity index (χ2v) is 4.65. The van der Waals surface area contributed by atoms with E-state index < -0.39 is 5.97 Å². The van der Waals surface area contributed by atoms with Gasteiger partial charge in [-0.05, 0) is 31.4 Å². The fourth-order valence-electron chi connectivity index (χ4n) is 2.56. The molecule has 1 N–H and O–H groups in total. The number of rotatable bonds is 4. The van der Waals surface area contributed by atoms with Crippen LogP contribution in [0.5, 0.6) is 0 Å². The number of benzene rings is 1. The van der Waals surface area contributed by atoms with E-state index in [2.05, 4.69) is 17.7 Å². The lowest BCUT2D eigenvalue weighted by molar-refractivity contribution is 0.0698. The lowest BCUT2D eigenvalue weighted by Gasteiger charge is -2.07. The molecule has 0 unspecified atom stereocenters. The molecule has 18 heavy (non-hydrogen) atoms. The summed E-state index contributed by atoms with van der Waals surface area (Å²) >= 11 is 0. The zero-order valence-electron chi connectivity index (χ0n) is 11.2. The van der Waals surface area contributed by atoms with Gasteiger partial charge in [0.2, 0.25) is 0 Å². The minimum Gasteiger partial charge on any atom is -0.478 e. The largest absolute Gasteiger partial charge is 0.478 e. The van der Waals surface area contributed by atoms with Crippen LogP contribution in [-0.2, 0) is 13.0 Å². The van der Waals surface area contributed by atoms with Gasteiger partial charge >= 0.3 is 5.97 Å². The van der Waals surface area contributed by atoms with Crippen LogP contribution in [0.4, 0.5) is 0 Å². The molecule has 0 atom stereocenters. The Kier molecular flexibility index (Phi) is 3.41. The van der Waals surface area contributed by atoms with Crippen LogP contribution in [0.25, 0.3) is 10.9 Å². The van der Waals surface area contributed by atoms with E-state index in [-0.39, 0.29) is 0 Å². The third-order valence-electron chi connectivity index (χ3n) is 3.40. The summed E-state index contributed by atoms with van der Waals surface area (Å²) in [4.78, 5) is 11.5. The maximum atomic E-state index is 11.5. The first-order valence-electron chi connectivity index (χ1n) is 6.44. The highest BCUT2D eigenvalue weighted by Crippen LogP contribution is 2.28. The minimum atomic E-state index is -0.839. The summed E-state index contributed by atoms with van der Waals surface area (Å²) < 4.78 is 2.05. The average molecular weight is 245 g/mol. The van der Waals surface area contributed by atoms with E-state index in [4.69, 9.17) is 0 Å². The fraction of sp³-hybridized carbons (Fsp3) is 0.400. The zero-order chi connectivity index (χ0) is 13.3. The van der Waals surface area contributed by atoms with Crippen LogP contribution in [-0.4, -0.2) is 15.6 Å². The molecule has 2 aromatic rings. The maximum Gasteiger partial charge on any atom is 0.338 e. The zero-order valence-corrected chi connectivity index (χ0v) is 11.2. The molecule has 0 spiro atoms. The number of carbonyl (C=O) groups is 1. The van der Waals surface area contributed by atoms with Gasteiger partial charge in [-0.25, -0.2) is 4.79 Å². The summed E-state index contributed by atoms with van der Waals surface area (Å²) in [6.45, 7) is 6.84. The lowest BCUT2D eigenvalue weighted by Crippen LogP contribution is -2.04. The van der Waals surface area contributed by atoms with Crippen molar-refractivity contribution < 1.29 is 9.90 Å². The molecule has 96 valence electrons. The van der Waals surface area contributed by atoms with Gasteiger partial charge in [0.25, 0.3) is 0 Å².